The van der Waals surface area contributed by atoms with Crippen LogP contribution in [0.15, 0.2) is 18.2 Å². The standard InChI is InChI=1S/C13H17NO3S.Na/c1-8-5-4-6-9(2)12(8)14(11(15)7-18)10(3)13(16)17;/h4-6,10,18H,7H2,1-3H3,(H,16,17);/q;+1/p-1/t10-;/m0./s1. The summed E-state index contributed by atoms with van der Waals surface area (Å²) in [5, 5.41) is 11.0. The largest absolute Gasteiger partial charge is 1.00 e. The van der Waals surface area contributed by atoms with Gasteiger partial charge in [-0.15, -0.1) is 0 Å². The number of carboxylic acids is 1. The molecule has 0 fully saturated rings. The molecule has 0 saturated heterocycles. The third-order valence-corrected chi connectivity index (χ3v) is 3.08. The normalized spacial score (nSPS) is 11.4. The van der Waals surface area contributed by atoms with E-state index in [2.05, 4.69) is 12.6 Å². The summed E-state index contributed by atoms with van der Waals surface area (Å²) in [7, 11) is 0. The number of benzene rings is 1. The minimum Gasteiger partial charge on any atom is -0.548 e. The Labute approximate surface area is 140 Å². The number of para-hydroxylation sites is 1. The Hall–Kier alpha value is -0.490. The van der Waals surface area contributed by atoms with Crippen LogP contribution in [0.1, 0.15) is 18.1 Å². The summed E-state index contributed by atoms with van der Waals surface area (Å²) in [6.07, 6.45) is 0. The van der Waals surface area contributed by atoms with Crippen LogP contribution in [-0.4, -0.2) is 23.7 Å². The summed E-state index contributed by atoms with van der Waals surface area (Å²) in [4.78, 5) is 24.2. The Balaban J connectivity index is 0.00000324. The molecular weight excluding hydrogens is 273 g/mol. The van der Waals surface area contributed by atoms with Crippen molar-refractivity contribution in [2.45, 2.75) is 26.8 Å². The maximum Gasteiger partial charge on any atom is 1.00 e. The predicted molar refractivity (Wildman–Crippen MR) is 71.7 cm³/mol. The Bertz CT molecular complexity index is 459. The monoisotopic (exact) mass is 289 g/mol. The molecule has 0 aliphatic rings. The van der Waals surface area contributed by atoms with E-state index in [9.17, 15) is 14.7 Å². The number of hydrogen-bond acceptors (Lipinski definition) is 4. The fourth-order valence-electron chi connectivity index (χ4n) is 1.90. The van der Waals surface area contributed by atoms with Gasteiger partial charge in [-0.25, -0.2) is 0 Å². The molecule has 0 radical (unpaired) electrons. The molecule has 0 unspecified atom stereocenters. The number of nitrogens with zero attached hydrogens (tertiary/aromatic N) is 1. The van der Waals surface area contributed by atoms with Gasteiger partial charge in [0.15, 0.2) is 0 Å². The summed E-state index contributed by atoms with van der Waals surface area (Å²) in [5.74, 6) is -1.69. The molecule has 0 N–H and O–H groups in total. The van der Waals surface area contributed by atoms with Crippen molar-refractivity contribution in [2.24, 2.45) is 0 Å². The minimum atomic E-state index is -1.28. The molecule has 98 valence electrons. The summed E-state index contributed by atoms with van der Waals surface area (Å²) in [6.45, 7) is 5.11. The molecule has 0 aliphatic carbocycles. The van der Waals surface area contributed by atoms with Crippen molar-refractivity contribution < 1.29 is 44.3 Å². The number of aryl methyl sites for hydroxylation is 2. The predicted octanol–water partition coefficient (Wildman–Crippen LogP) is -2.29. The van der Waals surface area contributed by atoms with Gasteiger partial charge in [0.25, 0.3) is 0 Å². The summed E-state index contributed by atoms with van der Waals surface area (Å²) in [6, 6.07) is 4.51. The van der Waals surface area contributed by atoms with E-state index in [0.717, 1.165) is 11.1 Å². The molecule has 1 aromatic carbocycles. The van der Waals surface area contributed by atoms with E-state index in [4.69, 9.17) is 0 Å². The van der Waals surface area contributed by atoms with E-state index in [1.165, 1.54) is 11.8 Å². The van der Waals surface area contributed by atoms with Gasteiger partial charge in [-0.3, -0.25) is 4.79 Å². The van der Waals surface area contributed by atoms with Gasteiger partial charge >= 0.3 is 29.6 Å². The molecule has 0 saturated carbocycles. The molecule has 4 nitrogen and oxygen atoms in total. The molecule has 19 heavy (non-hydrogen) atoms. The van der Waals surface area contributed by atoms with Crippen molar-refractivity contribution in [3.05, 3.63) is 29.3 Å². The second-order valence-corrected chi connectivity index (χ2v) is 4.47. The fourth-order valence-corrected chi connectivity index (χ4v) is 2.05. The quantitative estimate of drug-likeness (QED) is 0.501. The van der Waals surface area contributed by atoms with E-state index in [1.54, 1.807) is 0 Å². The fraction of sp³-hybridized carbons (Fsp3) is 0.385. The first-order valence-corrected chi connectivity index (χ1v) is 6.23. The van der Waals surface area contributed by atoms with Crippen molar-refractivity contribution in [2.75, 3.05) is 10.7 Å². The molecule has 6 heteroatoms. The third kappa shape index (κ3) is 4.24. The summed E-state index contributed by atoms with van der Waals surface area (Å²) < 4.78 is 0. The number of aliphatic carboxylic acids is 1. The number of anilines is 1. The zero-order valence-electron chi connectivity index (χ0n) is 11.6. The van der Waals surface area contributed by atoms with Crippen LogP contribution in [0, 0.1) is 13.8 Å². The topological polar surface area (TPSA) is 60.4 Å². The number of carbonyl (C=O) groups is 2. The van der Waals surface area contributed by atoms with Gasteiger partial charge in [0.2, 0.25) is 5.91 Å². The van der Waals surface area contributed by atoms with Gasteiger partial charge < -0.3 is 14.8 Å². The zero-order valence-corrected chi connectivity index (χ0v) is 14.5. The molecule has 0 aliphatic heterocycles. The minimum absolute atomic E-state index is 0. The summed E-state index contributed by atoms with van der Waals surface area (Å²) >= 11 is 3.93. The molecule has 1 atom stereocenters. The van der Waals surface area contributed by atoms with Crippen molar-refractivity contribution in [1.29, 1.82) is 0 Å². The van der Waals surface area contributed by atoms with Gasteiger partial charge in [0.1, 0.15) is 0 Å². The van der Waals surface area contributed by atoms with Crippen LogP contribution in [0.25, 0.3) is 0 Å². The maximum atomic E-state index is 11.9. The number of amides is 1. The van der Waals surface area contributed by atoms with Crippen LogP contribution >= 0.6 is 12.6 Å². The molecule has 0 aromatic heterocycles. The van der Waals surface area contributed by atoms with Crippen molar-refractivity contribution >= 4 is 30.2 Å². The van der Waals surface area contributed by atoms with E-state index in [1.807, 2.05) is 32.0 Å². The SMILES string of the molecule is Cc1cccc(C)c1N(C(=O)CS)[C@@H](C)C(=O)[O-].[Na+]. The molecule has 1 amide bonds. The van der Waals surface area contributed by atoms with Crippen molar-refractivity contribution in [1.82, 2.24) is 0 Å². The van der Waals surface area contributed by atoms with E-state index >= 15 is 0 Å². The van der Waals surface area contributed by atoms with E-state index in [0.29, 0.717) is 5.69 Å². The zero-order chi connectivity index (χ0) is 13.9. The average Bonchev–Trinajstić information content (AvgIpc) is 2.32. The van der Waals surface area contributed by atoms with Crippen LogP contribution in [0.2, 0.25) is 0 Å². The van der Waals surface area contributed by atoms with Gasteiger partial charge in [-0.1, -0.05) is 18.2 Å². The van der Waals surface area contributed by atoms with Crippen molar-refractivity contribution in [3.63, 3.8) is 0 Å². The van der Waals surface area contributed by atoms with Crippen LogP contribution in [0.3, 0.4) is 0 Å². The van der Waals surface area contributed by atoms with E-state index < -0.39 is 12.0 Å². The first kappa shape index (κ1) is 18.5. The second-order valence-electron chi connectivity index (χ2n) is 4.16. The van der Waals surface area contributed by atoms with Crippen LogP contribution in [0.4, 0.5) is 5.69 Å². The van der Waals surface area contributed by atoms with Gasteiger partial charge in [-0.05, 0) is 31.9 Å². The Kier molecular flexibility index (Phi) is 7.74. The van der Waals surface area contributed by atoms with Crippen LogP contribution < -0.4 is 39.6 Å². The van der Waals surface area contributed by atoms with Crippen LogP contribution in [0.5, 0.6) is 0 Å². The van der Waals surface area contributed by atoms with Crippen LogP contribution in [-0.2, 0) is 9.59 Å². The molecule has 0 heterocycles. The van der Waals surface area contributed by atoms with Gasteiger partial charge in [-0.2, -0.15) is 12.6 Å². The second kappa shape index (κ2) is 7.94. The van der Waals surface area contributed by atoms with E-state index in [-0.39, 0.29) is 41.2 Å². The number of carbonyl (C=O) groups excluding carboxylic acids is 2. The third-order valence-electron chi connectivity index (χ3n) is 2.81. The number of thiol groups is 1. The molecule has 1 rings (SSSR count). The first-order valence-electron chi connectivity index (χ1n) is 5.60. The van der Waals surface area contributed by atoms with Crippen molar-refractivity contribution in [3.8, 4) is 0 Å². The number of hydrogen-bond donors (Lipinski definition) is 1. The summed E-state index contributed by atoms with van der Waals surface area (Å²) in [5.41, 5.74) is 2.31. The smallest absolute Gasteiger partial charge is 0.548 e. The number of rotatable bonds is 4. The Morgan fingerprint density at radius 1 is 1.32 bits per heavy atom. The molecule has 0 bridgehead atoms. The molecule has 0 spiro atoms. The Morgan fingerprint density at radius 3 is 2.16 bits per heavy atom. The van der Waals surface area contributed by atoms with Gasteiger partial charge in [0, 0.05) is 0 Å². The van der Waals surface area contributed by atoms with Gasteiger partial charge in [0.05, 0.1) is 23.5 Å². The first-order chi connectivity index (χ1) is 8.40. The average molecular weight is 289 g/mol. The molecular formula is C13H16NNaO3S. The Morgan fingerprint density at radius 2 is 1.79 bits per heavy atom. The maximum absolute atomic E-state index is 11.9. The molecule has 1 aromatic rings. The number of carboxylic acid groups (broad SMARTS) is 1.